The van der Waals surface area contributed by atoms with E-state index < -0.39 is 195 Å². The fraction of sp³-hybridized carbons (Fsp3) is 1.00. The van der Waals surface area contributed by atoms with E-state index in [1.807, 2.05) is 144 Å². The maximum absolute atomic E-state index is 11.4. The van der Waals surface area contributed by atoms with Gasteiger partial charge in [-0.1, -0.05) is 128 Å². The second kappa shape index (κ2) is 49.0. The smallest absolute Gasteiger partial charge is 0.483 e. The van der Waals surface area contributed by atoms with Crippen LogP contribution in [0.15, 0.2) is 0 Å². The summed E-state index contributed by atoms with van der Waals surface area (Å²) >= 11 is 0. The van der Waals surface area contributed by atoms with Crippen molar-refractivity contribution in [2.24, 2.45) is 0 Å². The Morgan fingerprint density at radius 2 is 0.210 bits per heavy atom. The molecule has 0 saturated heterocycles. The third-order valence-corrected chi connectivity index (χ3v) is 138. The van der Waals surface area contributed by atoms with Crippen molar-refractivity contribution in [1.82, 2.24) is 0 Å². The zero-order valence-corrected chi connectivity index (χ0v) is 94.4. The highest BCUT2D eigenvalue weighted by Crippen LogP contribution is 2.24. The maximum atomic E-state index is 11.4. The molecule has 0 rings (SSSR count). The Morgan fingerprint density at radius 3 is 0.240 bits per heavy atom. The maximum Gasteiger partial charge on any atom is 0.483 e. The van der Waals surface area contributed by atoms with Crippen molar-refractivity contribution in [3.05, 3.63) is 0 Å². The summed E-state index contributed by atoms with van der Waals surface area (Å²) in [5, 5.41) is 0. The molecule has 0 amide bonds. The van der Waals surface area contributed by atoms with Gasteiger partial charge in [-0.3, -0.25) is 0 Å². The third kappa shape index (κ3) is 92.7. The molecule has 0 radical (unpaired) electrons. The van der Waals surface area contributed by atoms with Gasteiger partial charge < -0.3 is 108 Å². The van der Waals surface area contributed by atoms with E-state index in [0.717, 1.165) is 66.5 Å². The Kier molecular flexibility index (Phi) is 59.1. The normalized spacial score (nSPS) is 13.3. The van der Waals surface area contributed by atoms with Crippen LogP contribution in [-0.4, -0.2) is 276 Å². The zero-order chi connectivity index (χ0) is 83.8. The van der Waals surface area contributed by atoms with Gasteiger partial charge in [-0.05, 0) is 211 Å². The molecule has 0 spiro atoms. The summed E-state index contributed by atoms with van der Waals surface area (Å²) in [7, 11) is -51.5. The molecule has 0 bridgehead atoms. The summed E-state index contributed by atoms with van der Waals surface area (Å²) in [6, 6.07) is 16.8. The molecule has 23 nitrogen and oxygen atoms in total. The predicted molar refractivity (Wildman–Crippen MR) is 474 cm³/mol. The summed E-state index contributed by atoms with van der Waals surface area (Å²) in [5.41, 5.74) is 0. The van der Waals surface area contributed by atoms with Crippen LogP contribution in [0.25, 0.3) is 0 Å². The minimum Gasteiger partial charge on any atom is -0.542 e. The third-order valence-electron chi connectivity index (χ3n) is 14.0. The van der Waals surface area contributed by atoms with Crippen molar-refractivity contribution < 1.29 is 108 Å². The molecule has 0 aliphatic heterocycles. The van der Waals surface area contributed by atoms with Crippen LogP contribution in [-0.2, 0) is 26.8 Å². The first-order valence-electron chi connectivity index (χ1n) is 34.9. The Morgan fingerprint density at radius 1 is 0.150 bits per heavy atom. The van der Waals surface area contributed by atoms with Gasteiger partial charge in [-0.15, -0.1) is 0 Å². The molecule has 0 fully saturated rings. The van der Waals surface area contributed by atoms with Gasteiger partial charge >= 0.3 is 63.0 Å². The molecular formula is C53H160O23Si24. The lowest BCUT2D eigenvalue weighted by atomic mass is 10.9. The zero-order valence-electron chi connectivity index (χ0n) is 70.4. The Balaban J connectivity index is -0.000000135. The highest BCUT2D eigenvalue weighted by Gasteiger charge is 2.91. The molecule has 0 aliphatic carbocycles. The molecule has 0 saturated carbocycles. The number of hydrogen-bond donors (Lipinski definition) is 17. The second-order valence-corrected chi connectivity index (χ2v) is 164. The SMILES string of the molecule is C[Si](C)(C)CC[Si](C)(C)O.C[Si](C)(C)CC[Si](C)(C)O.C[Si](C)(C)CC[Si](C)(C)O.C[Si](C)(C)CC[Si](C)(C)O.C[Si](C)(C)CC[Si](C)(C)O.C[Si](C)(O)CC[Si](C)(C)O.C[Si](C)(O)CC[Si](C)(C)O.C[Si](C)(O)CC[Si](C)(C)O.O=[Si](O)[Si]([Si](=O)O)([Si](=O)O)[Si]([Si](=O)O)([Si](=O)O)[Si](=O)O. The van der Waals surface area contributed by atoms with E-state index >= 15 is 0 Å². The van der Waals surface area contributed by atoms with Gasteiger partial charge in [-0.2, -0.15) is 0 Å². The van der Waals surface area contributed by atoms with Gasteiger partial charge in [0.05, 0.1) is 0 Å². The minimum absolute atomic E-state index is 0.836. The highest BCUT2D eigenvalue weighted by molar-refractivity contribution is 8.14. The monoisotopic (exact) mass is 1840 g/mol. The lowest BCUT2D eigenvalue weighted by molar-refractivity contribution is 0.439. The van der Waals surface area contributed by atoms with E-state index in [1.165, 1.54) is 30.2 Å². The van der Waals surface area contributed by atoms with Gasteiger partial charge in [0.1, 0.15) is 0 Å². The Labute approximate surface area is 636 Å². The first kappa shape index (κ1) is 121. The van der Waals surface area contributed by atoms with Gasteiger partial charge in [0.15, 0.2) is 91.5 Å². The van der Waals surface area contributed by atoms with Gasteiger partial charge in [0.25, 0.3) is 0 Å². The van der Waals surface area contributed by atoms with E-state index in [2.05, 4.69) is 98.2 Å². The van der Waals surface area contributed by atoms with E-state index in [4.69, 9.17) is 28.8 Å². The fourth-order valence-electron chi connectivity index (χ4n) is 6.75. The minimum atomic E-state index is -5.60. The van der Waals surface area contributed by atoms with Crippen LogP contribution in [0.4, 0.5) is 0 Å². The van der Waals surface area contributed by atoms with Crippen molar-refractivity contribution in [3.8, 4) is 0 Å². The first-order valence-corrected chi connectivity index (χ1v) is 107. The Bertz CT molecular complexity index is 1740. The van der Waals surface area contributed by atoms with E-state index in [1.54, 1.807) is 0 Å². The van der Waals surface area contributed by atoms with E-state index in [-0.39, 0.29) is 0 Å². The van der Waals surface area contributed by atoms with Crippen LogP contribution in [0.3, 0.4) is 0 Å². The van der Waals surface area contributed by atoms with Crippen molar-refractivity contribution in [2.45, 2.75) is 339 Å². The summed E-state index contributed by atoms with van der Waals surface area (Å²) in [5.74, 6) is 0. The highest BCUT2D eigenvalue weighted by atomic mass is 30.4. The van der Waals surface area contributed by atoms with Crippen LogP contribution in [0.2, 0.25) is 339 Å². The summed E-state index contributed by atoms with van der Waals surface area (Å²) in [4.78, 5) is 159. The molecule has 606 valence electrons. The second-order valence-electron chi connectivity index (χ2n) is 40.1. The van der Waals surface area contributed by atoms with Crippen LogP contribution in [0.5, 0.6) is 0 Å². The van der Waals surface area contributed by atoms with Gasteiger partial charge in [-0.25, -0.2) is 0 Å². The van der Waals surface area contributed by atoms with Crippen LogP contribution >= 0.6 is 0 Å². The van der Waals surface area contributed by atoms with Crippen LogP contribution in [0.1, 0.15) is 0 Å². The largest absolute Gasteiger partial charge is 0.542 e. The average molecular weight is 1840 g/mol. The van der Waals surface area contributed by atoms with Crippen LogP contribution in [0, 0.1) is 0 Å². The van der Waals surface area contributed by atoms with Crippen molar-refractivity contribution >= 4 is 195 Å². The average Bonchev–Trinajstić information content (AvgIpc) is 0.715. The summed E-state index contributed by atoms with van der Waals surface area (Å²) in [6.07, 6.45) is -11.2. The predicted octanol–water partition coefficient (Wildman–Crippen LogP) is 9.65. The van der Waals surface area contributed by atoms with Crippen molar-refractivity contribution in [2.75, 3.05) is 0 Å². The molecule has 0 atom stereocenters. The molecular weight excluding hydrogens is 1680 g/mol. The molecule has 47 heteroatoms. The molecule has 0 heterocycles. The van der Waals surface area contributed by atoms with Crippen molar-refractivity contribution in [3.63, 3.8) is 0 Å². The molecule has 0 aromatic rings. The molecule has 100 heavy (non-hydrogen) atoms. The summed E-state index contributed by atoms with van der Waals surface area (Å²) < 4.78 is 68.3. The van der Waals surface area contributed by atoms with Gasteiger partial charge in [0, 0.05) is 40.4 Å². The lowest BCUT2D eigenvalue weighted by Gasteiger charge is -2.23. The number of rotatable bonds is 31. The standard InChI is InChI=1S/5C7H20OSi2.3C6H18O2Si2.H6O12Si8/c5*1-9(2,3)6-7-10(4,5)8;3*1-9(2,7)5-6-10(3,4)8;1-13(2)19(14(3)4,15(5)6)20(16(7)8,17(9)10)18(11)12/h5*8H,6-7H2,1-5H3;3*7-8H,5-6H2,1-4H3;1,3,5,7,9,11H. The van der Waals surface area contributed by atoms with E-state index in [9.17, 15) is 79.5 Å². The number of hydrogen-bond acceptors (Lipinski definition) is 17. The summed E-state index contributed by atoms with van der Waals surface area (Å²) in [6.45, 7) is 78.4. The molecule has 0 unspecified atom stereocenters. The van der Waals surface area contributed by atoms with Crippen LogP contribution < -0.4 is 0 Å². The molecule has 0 aliphatic rings. The van der Waals surface area contributed by atoms with Crippen molar-refractivity contribution in [1.29, 1.82) is 0 Å². The quantitative estimate of drug-likeness (QED) is 0.0287. The lowest BCUT2D eigenvalue weighted by Crippen LogP contribution is -2.91. The van der Waals surface area contributed by atoms with Gasteiger partial charge in [0.2, 0.25) is 0 Å². The Hall–Kier alpha value is 2.37. The fourth-order valence-corrected chi connectivity index (χ4v) is 140. The molecule has 0 aromatic heterocycles. The van der Waals surface area contributed by atoms with E-state index in [0.29, 0.717) is 0 Å². The molecule has 17 N–H and O–H groups in total. The first-order chi connectivity index (χ1) is 42.6. The topological polar surface area (TPSA) is 446 Å². The molecule has 0 aromatic carbocycles.